The first kappa shape index (κ1) is 13.4. The van der Waals surface area contributed by atoms with Crippen LogP contribution in [0.25, 0.3) is 0 Å². The van der Waals surface area contributed by atoms with Crippen molar-refractivity contribution in [3.05, 3.63) is 23.0 Å². The normalized spacial score (nSPS) is 23.5. The van der Waals surface area contributed by atoms with Crippen LogP contribution >= 0.6 is 0 Å². The Morgan fingerprint density at radius 2 is 2.05 bits per heavy atom. The van der Waals surface area contributed by atoms with Gasteiger partial charge in [-0.15, -0.1) is 0 Å². The fourth-order valence-corrected chi connectivity index (χ4v) is 2.83. The van der Waals surface area contributed by atoms with Gasteiger partial charge in [0.15, 0.2) is 12.0 Å². The number of carbonyl (C=O) groups excluding carboxylic acids is 1. The Hall–Kier alpha value is -1.62. The second-order valence-corrected chi connectivity index (χ2v) is 6.56. The van der Waals surface area contributed by atoms with Crippen LogP contribution in [0.4, 0.5) is 5.82 Å². The van der Waals surface area contributed by atoms with E-state index in [9.17, 15) is 9.90 Å². The molecule has 1 atom stereocenters. The molecule has 0 spiro atoms. The zero-order valence-corrected chi connectivity index (χ0v) is 12.1. The maximum Gasteiger partial charge on any atom is 0.257 e. The lowest BCUT2D eigenvalue weighted by atomic mass is 9.93. The van der Waals surface area contributed by atoms with E-state index in [4.69, 9.17) is 4.52 Å². The van der Waals surface area contributed by atoms with Crippen LogP contribution in [0.1, 0.15) is 52.2 Å². The van der Waals surface area contributed by atoms with Gasteiger partial charge in [-0.3, -0.25) is 9.69 Å². The Labute approximate surface area is 118 Å². The van der Waals surface area contributed by atoms with Crippen molar-refractivity contribution in [2.24, 2.45) is 0 Å². The summed E-state index contributed by atoms with van der Waals surface area (Å²) in [5, 5.41) is 14.4. The Kier molecular flexibility index (Phi) is 2.97. The molecule has 0 saturated carbocycles. The fraction of sp³-hybridized carbons (Fsp3) is 0.600. The predicted molar refractivity (Wildman–Crippen MR) is 74.2 cm³/mol. The SMILES string of the molecule is CC(C)(C)c1cc(N2C(=O)C3=C(CCCC3)C2O)no1. The number of aliphatic hydroxyl groups excluding tert-OH is 1. The second kappa shape index (κ2) is 4.45. The average molecular weight is 276 g/mol. The summed E-state index contributed by atoms with van der Waals surface area (Å²) in [5.74, 6) is 0.986. The molecule has 20 heavy (non-hydrogen) atoms. The van der Waals surface area contributed by atoms with Crippen molar-refractivity contribution in [2.75, 3.05) is 4.90 Å². The maximum absolute atomic E-state index is 12.4. The van der Waals surface area contributed by atoms with Gasteiger partial charge in [0.25, 0.3) is 5.91 Å². The van der Waals surface area contributed by atoms with E-state index in [2.05, 4.69) is 5.16 Å². The van der Waals surface area contributed by atoms with Crippen LogP contribution in [-0.2, 0) is 10.2 Å². The predicted octanol–water partition coefficient (Wildman–Crippen LogP) is 2.51. The molecule has 0 aromatic carbocycles. The molecule has 108 valence electrons. The van der Waals surface area contributed by atoms with Gasteiger partial charge in [0.1, 0.15) is 5.76 Å². The van der Waals surface area contributed by atoms with Crippen LogP contribution < -0.4 is 4.90 Å². The lowest BCUT2D eigenvalue weighted by Gasteiger charge is -2.19. The number of aliphatic hydroxyl groups is 1. The minimum absolute atomic E-state index is 0.124. The first-order chi connectivity index (χ1) is 9.39. The fourth-order valence-electron chi connectivity index (χ4n) is 2.83. The third kappa shape index (κ3) is 1.97. The van der Waals surface area contributed by atoms with Gasteiger partial charge in [-0.1, -0.05) is 25.9 Å². The van der Waals surface area contributed by atoms with Crippen LogP contribution in [0.15, 0.2) is 21.7 Å². The molecule has 1 unspecified atom stereocenters. The molecule has 0 saturated heterocycles. The highest BCUT2D eigenvalue weighted by Crippen LogP contribution is 2.38. The standard InChI is InChI=1S/C15H20N2O3/c1-15(2,3)11-8-12(16-20-11)17-13(18)9-6-4-5-7-10(9)14(17)19/h8,13,18H,4-7H2,1-3H3. The van der Waals surface area contributed by atoms with Crippen molar-refractivity contribution in [2.45, 2.75) is 58.1 Å². The van der Waals surface area contributed by atoms with E-state index in [0.717, 1.165) is 36.8 Å². The van der Waals surface area contributed by atoms with Gasteiger partial charge < -0.3 is 9.63 Å². The summed E-state index contributed by atoms with van der Waals surface area (Å²) in [7, 11) is 0. The summed E-state index contributed by atoms with van der Waals surface area (Å²) >= 11 is 0. The van der Waals surface area contributed by atoms with Gasteiger partial charge in [0.2, 0.25) is 0 Å². The average Bonchev–Trinajstić information content (AvgIpc) is 2.95. The maximum atomic E-state index is 12.4. The molecule has 0 fully saturated rings. The number of aromatic nitrogens is 1. The minimum atomic E-state index is -0.879. The van der Waals surface area contributed by atoms with E-state index in [1.54, 1.807) is 6.07 Å². The minimum Gasteiger partial charge on any atom is -0.369 e. The van der Waals surface area contributed by atoms with Crippen LogP contribution in [0, 0.1) is 0 Å². The van der Waals surface area contributed by atoms with Gasteiger partial charge in [0, 0.05) is 17.1 Å². The van der Waals surface area contributed by atoms with Gasteiger partial charge >= 0.3 is 0 Å². The summed E-state index contributed by atoms with van der Waals surface area (Å²) in [6.07, 6.45) is 2.71. The number of hydrogen-bond acceptors (Lipinski definition) is 4. The lowest BCUT2D eigenvalue weighted by Crippen LogP contribution is -2.35. The molecule has 0 bridgehead atoms. The summed E-state index contributed by atoms with van der Waals surface area (Å²) in [4.78, 5) is 13.8. The van der Waals surface area contributed by atoms with Gasteiger partial charge in [-0.05, 0) is 31.3 Å². The molecule has 1 aromatic heterocycles. The van der Waals surface area contributed by atoms with Crippen molar-refractivity contribution < 1.29 is 14.4 Å². The summed E-state index contributed by atoms with van der Waals surface area (Å²) in [5.41, 5.74) is 1.46. The number of carbonyl (C=O) groups is 1. The lowest BCUT2D eigenvalue weighted by molar-refractivity contribution is -0.115. The molecule has 1 aliphatic carbocycles. The third-order valence-corrected chi connectivity index (χ3v) is 4.03. The molecule has 2 aliphatic rings. The third-order valence-electron chi connectivity index (χ3n) is 4.03. The van der Waals surface area contributed by atoms with E-state index >= 15 is 0 Å². The van der Waals surface area contributed by atoms with Crippen molar-refractivity contribution in [1.82, 2.24) is 5.16 Å². The van der Waals surface area contributed by atoms with Gasteiger partial charge in [-0.2, -0.15) is 0 Å². The Morgan fingerprint density at radius 1 is 1.35 bits per heavy atom. The van der Waals surface area contributed by atoms with Crippen LogP contribution in [0.2, 0.25) is 0 Å². The largest absolute Gasteiger partial charge is 0.369 e. The van der Waals surface area contributed by atoms with Gasteiger partial charge in [-0.25, -0.2) is 0 Å². The van der Waals surface area contributed by atoms with E-state index in [1.807, 2.05) is 20.8 Å². The molecule has 2 heterocycles. The summed E-state index contributed by atoms with van der Waals surface area (Å²) in [6.45, 7) is 6.05. The van der Waals surface area contributed by atoms with Crippen LogP contribution in [-0.4, -0.2) is 22.4 Å². The number of nitrogens with zero attached hydrogens (tertiary/aromatic N) is 2. The molecule has 5 nitrogen and oxygen atoms in total. The molecule has 0 radical (unpaired) electrons. The summed E-state index contributed by atoms with van der Waals surface area (Å²) < 4.78 is 5.32. The summed E-state index contributed by atoms with van der Waals surface area (Å²) in [6, 6.07) is 1.75. The quantitative estimate of drug-likeness (QED) is 0.855. The molecule has 3 rings (SSSR count). The van der Waals surface area contributed by atoms with Crippen LogP contribution in [0.3, 0.4) is 0 Å². The monoisotopic (exact) mass is 276 g/mol. The highest BCUT2D eigenvalue weighted by molar-refractivity contribution is 6.09. The van der Waals surface area contributed by atoms with Crippen molar-refractivity contribution in [1.29, 1.82) is 0 Å². The van der Waals surface area contributed by atoms with Crippen molar-refractivity contribution in [3.63, 3.8) is 0 Å². The highest BCUT2D eigenvalue weighted by atomic mass is 16.5. The molecule has 1 N–H and O–H groups in total. The number of amides is 1. The first-order valence-corrected chi connectivity index (χ1v) is 7.10. The molecule has 1 aromatic rings. The smallest absolute Gasteiger partial charge is 0.257 e. The van der Waals surface area contributed by atoms with Crippen molar-refractivity contribution >= 4 is 11.7 Å². The number of hydrogen-bond donors (Lipinski definition) is 1. The topological polar surface area (TPSA) is 66.6 Å². The van der Waals surface area contributed by atoms with Gasteiger partial charge in [0.05, 0.1) is 0 Å². The molecule has 5 heteroatoms. The molecule has 1 aliphatic heterocycles. The molecular formula is C15H20N2O3. The Morgan fingerprint density at radius 3 is 2.65 bits per heavy atom. The molecule has 1 amide bonds. The second-order valence-electron chi connectivity index (χ2n) is 6.56. The van der Waals surface area contributed by atoms with E-state index in [1.165, 1.54) is 4.90 Å². The van der Waals surface area contributed by atoms with E-state index in [-0.39, 0.29) is 11.3 Å². The highest BCUT2D eigenvalue weighted by Gasteiger charge is 2.41. The zero-order valence-electron chi connectivity index (χ0n) is 12.1. The number of anilines is 1. The Bertz CT molecular complexity index is 580. The first-order valence-electron chi connectivity index (χ1n) is 7.10. The zero-order chi connectivity index (χ0) is 14.5. The Balaban J connectivity index is 1.92. The van der Waals surface area contributed by atoms with E-state index < -0.39 is 6.23 Å². The van der Waals surface area contributed by atoms with E-state index in [0.29, 0.717) is 11.6 Å². The van der Waals surface area contributed by atoms with Crippen molar-refractivity contribution in [3.8, 4) is 0 Å². The number of rotatable bonds is 1. The molecular weight excluding hydrogens is 256 g/mol. The van der Waals surface area contributed by atoms with Crippen LogP contribution in [0.5, 0.6) is 0 Å².